The van der Waals surface area contributed by atoms with Crippen LogP contribution in [0.5, 0.6) is 0 Å². The molecule has 0 saturated heterocycles. The lowest BCUT2D eigenvalue weighted by Gasteiger charge is -2.22. The van der Waals surface area contributed by atoms with Gasteiger partial charge in [-0.3, -0.25) is 4.79 Å². The standard InChI is InChI=1S/C14H28N2O2/c1-14(2,15)9-8-13(17)16-10-11-18-12-6-4-3-5-7-12/h12H,3-11,15H2,1-2H3,(H,16,17). The third-order valence-corrected chi connectivity index (χ3v) is 3.33. The van der Waals surface area contributed by atoms with Gasteiger partial charge in [0.2, 0.25) is 5.91 Å². The van der Waals surface area contributed by atoms with Gasteiger partial charge in [-0.15, -0.1) is 0 Å². The molecule has 4 heteroatoms. The Labute approximate surface area is 111 Å². The lowest BCUT2D eigenvalue weighted by Crippen LogP contribution is -2.35. The largest absolute Gasteiger partial charge is 0.376 e. The summed E-state index contributed by atoms with van der Waals surface area (Å²) in [6.45, 7) is 5.11. The molecule has 18 heavy (non-hydrogen) atoms. The fraction of sp³-hybridized carbons (Fsp3) is 0.929. The zero-order valence-electron chi connectivity index (χ0n) is 11.8. The normalized spacial score (nSPS) is 17.7. The van der Waals surface area contributed by atoms with Crippen LogP contribution in [0.15, 0.2) is 0 Å². The summed E-state index contributed by atoms with van der Waals surface area (Å²) in [5.74, 6) is 0.0702. The van der Waals surface area contributed by atoms with Crippen LogP contribution in [-0.2, 0) is 9.53 Å². The van der Waals surface area contributed by atoms with Gasteiger partial charge in [0.15, 0.2) is 0 Å². The Balaban J connectivity index is 1.98. The topological polar surface area (TPSA) is 64.4 Å². The molecule has 4 nitrogen and oxygen atoms in total. The highest BCUT2D eigenvalue weighted by atomic mass is 16.5. The number of nitrogens with two attached hydrogens (primary N) is 1. The van der Waals surface area contributed by atoms with Crippen LogP contribution in [0.1, 0.15) is 58.8 Å². The zero-order chi connectivity index (χ0) is 13.4. The SMILES string of the molecule is CC(C)(N)CCC(=O)NCCOC1CCCCC1. The van der Waals surface area contributed by atoms with Gasteiger partial charge >= 0.3 is 0 Å². The van der Waals surface area contributed by atoms with Crippen LogP contribution in [0.4, 0.5) is 0 Å². The van der Waals surface area contributed by atoms with E-state index in [4.69, 9.17) is 10.5 Å². The van der Waals surface area contributed by atoms with Crippen molar-refractivity contribution in [1.29, 1.82) is 0 Å². The number of rotatable bonds is 7. The second kappa shape index (κ2) is 7.74. The van der Waals surface area contributed by atoms with Gasteiger partial charge in [-0.05, 0) is 33.1 Å². The van der Waals surface area contributed by atoms with Gasteiger partial charge in [0.25, 0.3) is 0 Å². The molecule has 1 amide bonds. The quantitative estimate of drug-likeness (QED) is 0.684. The fourth-order valence-corrected chi connectivity index (χ4v) is 2.17. The molecule has 0 radical (unpaired) electrons. The van der Waals surface area contributed by atoms with E-state index in [1.165, 1.54) is 32.1 Å². The highest BCUT2D eigenvalue weighted by Gasteiger charge is 2.14. The molecule has 1 rings (SSSR count). The van der Waals surface area contributed by atoms with Crippen LogP contribution in [0, 0.1) is 0 Å². The average Bonchev–Trinajstić information content (AvgIpc) is 2.33. The zero-order valence-corrected chi connectivity index (χ0v) is 11.8. The first-order chi connectivity index (χ1) is 8.47. The minimum Gasteiger partial charge on any atom is -0.376 e. The molecule has 0 heterocycles. The lowest BCUT2D eigenvalue weighted by atomic mass is 9.98. The molecule has 1 aliphatic carbocycles. The van der Waals surface area contributed by atoms with Crippen molar-refractivity contribution in [2.45, 2.75) is 70.4 Å². The maximum absolute atomic E-state index is 11.5. The van der Waals surface area contributed by atoms with Crippen LogP contribution in [0.2, 0.25) is 0 Å². The number of carbonyl (C=O) groups is 1. The smallest absolute Gasteiger partial charge is 0.220 e. The van der Waals surface area contributed by atoms with E-state index >= 15 is 0 Å². The molecular formula is C14H28N2O2. The van der Waals surface area contributed by atoms with Crippen molar-refractivity contribution in [1.82, 2.24) is 5.32 Å². The Hall–Kier alpha value is -0.610. The summed E-state index contributed by atoms with van der Waals surface area (Å²) < 4.78 is 5.74. The Morgan fingerprint density at radius 3 is 2.61 bits per heavy atom. The summed E-state index contributed by atoms with van der Waals surface area (Å²) >= 11 is 0. The van der Waals surface area contributed by atoms with Crippen molar-refractivity contribution >= 4 is 5.91 Å². The van der Waals surface area contributed by atoms with E-state index < -0.39 is 0 Å². The first-order valence-electron chi connectivity index (χ1n) is 7.14. The Morgan fingerprint density at radius 1 is 1.33 bits per heavy atom. The Bertz CT molecular complexity index is 243. The molecule has 1 fully saturated rings. The number of hydrogen-bond donors (Lipinski definition) is 2. The summed E-state index contributed by atoms with van der Waals surface area (Å²) in [5.41, 5.74) is 5.56. The maximum atomic E-state index is 11.5. The molecule has 1 aliphatic rings. The van der Waals surface area contributed by atoms with Crippen LogP contribution >= 0.6 is 0 Å². The predicted molar refractivity (Wildman–Crippen MR) is 73.3 cm³/mol. The molecule has 1 saturated carbocycles. The summed E-state index contributed by atoms with van der Waals surface area (Å²) in [4.78, 5) is 11.5. The van der Waals surface area contributed by atoms with E-state index in [1.54, 1.807) is 0 Å². The van der Waals surface area contributed by atoms with Gasteiger partial charge in [-0.25, -0.2) is 0 Å². The van der Waals surface area contributed by atoms with Crippen LogP contribution in [-0.4, -0.2) is 30.7 Å². The third kappa shape index (κ3) is 7.67. The first kappa shape index (κ1) is 15.4. The number of nitrogens with one attached hydrogen (secondary N) is 1. The van der Waals surface area contributed by atoms with Crippen molar-refractivity contribution in [2.24, 2.45) is 5.73 Å². The van der Waals surface area contributed by atoms with E-state index in [-0.39, 0.29) is 11.4 Å². The van der Waals surface area contributed by atoms with Crippen molar-refractivity contribution < 1.29 is 9.53 Å². The third-order valence-electron chi connectivity index (χ3n) is 3.33. The maximum Gasteiger partial charge on any atom is 0.220 e. The monoisotopic (exact) mass is 256 g/mol. The molecule has 0 aromatic heterocycles. The van der Waals surface area contributed by atoms with Gasteiger partial charge in [-0.2, -0.15) is 0 Å². The molecule has 0 aromatic carbocycles. The highest BCUT2D eigenvalue weighted by molar-refractivity contribution is 5.75. The van der Waals surface area contributed by atoms with Crippen LogP contribution in [0.25, 0.3) is 0 Å². The van der Waals surface area contributed by atoms with Crippen molar-refractivity contribution in [3.8, 4) is 0 Å². The van der Waals surface area contributed by atoms with E-state index in [2.05, 4.69) is 5.32 Å². The van der Waals surface area contributed by atoms with Gasteiger partial charge < -0.3 is 15.8 Å². The highest BCUT2D eigenvalue weighted by Crippen LogP contribution is 2.19. The number of amides is 1. The summed E-state index contributed by atoms with van der Waals surface area (Å²) in [5, 5.41) is 2.88. The average molecular weight is 256 g/mol. The second-order valence-electron chi connectivity index (χ2n) is 5.97. The lowest BCUT2D eigenvalue weighted by molar-refractivity contribution is -0.121. The summed E-state index contributed by atoms with van der Waals surface area (Å²) in [6, 6.07) is 0. The first-order valence-corrected chi connectivity index (χ1v) is 7.14. The molecule has 0 unspecified atom stereocenters. The van der Waals surface area contributed by atoms with E-state index in [9.17, 15) is 4.79 Å². The van der Waals surface area contributed by atoms with E-state index in [0.717, 1.165) is 0 Å². The Morgan fingerprint density at radius 2 is 2.00 bits per heavy atom. The minimum atomic E-state index is -0.268. The van der Waals surface area contributed by atoms with Crippen molar-refractivity contribution in [3.05, 3.63) is 0 Å². The predicted octanol–water partition coefficient (Wildman–Crippen LogP) is 1.97. The number of hydrogen-bond acceptors (Lipinski definition) is 3. The van der Waals surface area contributed by atoms with Crippen LogP contribution < -0.4 is 11.1 Å². The summed E-state index contributed by atoms with van der Waals surface area (Å²) in [7, 11) is 0. The minimum absolute atomic E-state index is 0.0702. The van der Waals surface area contributed by atoms with E-state index in [0.29, 0.717) is 32.1 Å². The molecular weight excluding hydrogens is 228 g/mol. The van der Waals surface area contributed by atoms with Gasteiger partial charge in [0.1, 0.15) is 0 Å². The molecule has 0 bridgehead atoms. The van der Waals surface area contributed by atoms with Crippen LogP contribution in [0.3, 0.4) is 0 Å². The molecule has 0 aliphatic heterocycles. The summed E-state index contributed by atoms with van der Waals surface area (Å²) in [6.07, 6.45) is 7.87. The Kier molecular flexibility index (Phi) is 6.65. The molecule has 0 spiro atoms. The molecule has 3 N–H and O–H groups in total. The van der Waals surface area contributed by atoms with Crippen molar-refractivity contribution in [3.63, 3.8) is 0 Å². The van der Waals surface area contributed by atoms with E-state index in [1.807, 2.05) is 13.8 Å². The molecule has 0 aromatic rings. The fourth-order valence-electron chi connectivity index (χ4n) is 2.17. The number of ether oxygens (including phenoxy) is 1. The van der Waals surface area contributed by atoms with Gasteiger partial charge in [0, 0.05) is 18.5 Å². The van der Waals surface area contributed by atoms with Crippen molar-refractivity contribution in [2.75, 3.05) is 13.2 Å². The van der Waals surface area contributed by atoms with Gasteiger partial charge in [-0.1, -0.05) is 19.3 Å². The van der Waals surface area contributed by atoms with Gasteiger partial charge in [0.05, 0.1) is 12.7 Å². The second-order valence-corrected chi connectivity index (χ2v) is 5.97. The molecule has 106 valence electrons. The molecule has 0 atom stereocenters. The number of carbonyl (C=O) groups excluding carboxylic acids is 1.